The van der Waals surface area contributed by atoms with Crippen molar-refractivity contribution in [3.63, 3.8) is 0 Å². The summed E-state index contributed by atoms with van der Waals surface area (Å²) < 4.78 is 5.77. The van der Waals surface area contributed by atoms with E-state index in [1.54, 1.807) is 12.4 Å². The lowest BCUT2D eigenvalue weighted by Gasteiger charge is -2.36. The molecule has 1 saturated heterocycles. The van der Waals surface area contributed by atoms with Crippen molar-refractivity contribution in [3.8, 4) is 0 Å². The second-order valence-electron chi connectivity index (χ2n) is 8.82. The van der Waals surface area contributed by atoms with Crippen LogP contribution in [0.5, 0.6) is 0 Å². The number of aromatic nitrogens is 2. The minimum Gasteiger partial charge on any atom is -0.441 e. The van der Waals surface area contributed by atoms with E-state index in [9.17, 15) is 9.59 Å². The Hall–Kier alpha value is -3.41. The fraction of sp³-hybridized carbons (Fsp3) is 0.320. The highest BCUT2D eigenvalue weighted by Crippen LogP contribution is 2.44. The summed E-state index contributed by atoms with van der Waals surface area (Å²) in [6.45, 7) is 3.94. The predicted molar refractivity (Wildman–Crippen MR) is 120 cm³/mol. The van der Waals surface area contributed by atoms with Crippen molar-refractivity contribution < 1.29 is 9.53 Å². The number of amides is 1. The molecule has 31 heavy (non-hydrogen) atoms. The molecule has 6 heteroatoms. The number of aromatic amines is 1. The summed E-state index contributed by atoms with van der Waals surface area (Å²) in [5, 5.41) is 0.960. The van der Waals surface area contributed by atoms with Crippen molar-refractivity contribution in [2.45, 2.75) is 50.8 Å². The van der Waals surface area contributed by atoms with Gasteiger partial charge in [-0.15, -0.1) is 0 Å². The molecule has 0 spiro atoms. The molecular formula is C25H25N3O3. The minimum atomic E-state index is -0.605. The number of cyclic esters (lactones) is 1. The summed E-state index contributed by atoms with van der Waals surface area (Å²) in [7, 11) is 0. The van der Waals surface area contributed by atoms with Crippen molar-refractivity contribution in [2.75, 3.05) is 0 Å². The fourth-order valence-corrected chi connectivity index (χ4v) is 4.93. The molecule has 1 aliphatic carbocycles. The molecule has 1 aliphatic heterocycles. The summed E-state index contributed by atoms with van der Waals surface area (Å²) in [6, 6.07) is 13.8. The van der Waals surface area contributed by atoms with Gasteiger partial charge in [-0.2, -0.15) is 0 Å². The maximum atomic E-state index is 12.8. The number of H-pyrrole nitrogens is 1. The minimum absolute atomic E-state index is 0.0342. The second-order valence-corrected chi connectivity index (χ2v) is 8.82. The first-order valence-electron chi connectivity index (χ1n) is 10.7. The number of carbonyl (C=O) groups excluding carboxylic acids is 1. The number of pyridine rings is 2. The first kappa shape index (κ1) is 19.5. The van der Waals surface area contributed by atoms with Crippen LogP contribution in [0, 0.1) is 0 Å². The summed E-state index contributed by atoms with van der Waals surface area (Å²) >= 11 is 0. The lowest BCUT2D eigenvalue weighted by atomic mass is 9.86. The molecule has 2 unspecified atom stereocenters. The van der Waals surface area contributed by atoms with Gasteiger partial charge >= 0.3 is 6.09 Å². The Morgan fingerprint density at radius 3 is 2.71 bits per heavy atom. The van der Waals surface area contributed by atoms with Crippen molar-refractivity contribution in [2.24, 2.45) is 0 Å². The number of hydrogen-bond donors (Lipinski definition) is 1. The van der Waals surface area contributed by atoms with Crippen LogP contribution in [0.3, 0.4) is 0 Å². The number of ether oxygens (including phenoxy) is 1. The molecular weight excluding hydrogens is 390 g/mol. The summed E-state index contributed by atoms with van der Waals surface area (Å²) in [5.74, 6) is 0. The molecule has 5 rings (SSSR count). The smallest absolute Gasteiger partial charge is 0.411 e. The molecule has 3 heterocycles. The van der Waals surface area contributed by atoms with Gasteiger partial charge in [0, 0.05) is 23.2 Å². The molecule has 2 aliphatic rings. The number of nitrogens with one attached hydrogen (secondary N) is 1. The monoisotopic (exact) mass is 415 g/mol. The molecule has 1 N–H and O–H groups in total. The van der Waals surface area contributed by atoms with E-state index in [4.69, 9.17) is 4.74 Å². The van der Waals surface area contributed by atoms with Gasteiger partial charge in [-0.1, -0.05) is 36.4 Å². The summed E-state index contributed by atoms with van der Waals surface area (Å²) in [5.41, 5.74) is 2.83. The molecule has 2 atom stereocenters. The van der Waals surface area contributed by atoms with E-state index in [-0.39, 0.29) is 23.7 Å². The van der Waals surface area contributed by atoms with Crippen molar-refractivity contribution in [3.05, 3.63) is 82.4 Å². The fourth-order valence-electron chi connectivity index (χ4n) is 4.93. The van der Waals surface area contributed by atoms with Gasteiger partial charge in [0.25, 0.3) is 5.56 Å². The van der Waals surface area contributed by atoms with E-state index >= 15 is 0 Å². The SMILES string of the molecule is CC1(C)OC(=O)N(C2CC=C(c3cc4ccncc4[nH]c3=O)CC2)C1c1ccccc1. The highest BCUT2D eigenvalue weighted by Gasteiger charge is 2.51. The Morgan fingerprint density at radius 1 is 1.16 bits per heavy atom. The van der Waals surface area contributed by atoms with Crippen LogP contribution < -0.4 is 5.56 Å². The zero-order valence-corrected chi connectivity index (χ0v) is 17.7. The third-order valence-electron chi connectivity index (χ3n) is 6.38. The lowest BCUT2D eigenvalue weighted by Crippen LogP contribution is -2.41. The standard InChI is InChI=1S/C25H25N3O3/c1-25(2)22(17-6-4-3-5-7-17)28(24(30)31-25)19-10-8-16(9-11-19)20-14-18-12-13-26-15-21(18)27-23(20)29/h3-8,12-15,19,22H,9-11H2,1-2H3,(H,27,29). The topological polar surface area (TPSA) is 75.3 Å². The van der Waals surface area contributed by atoms with Gasteiger partial charge in [0.2, 0.25) is 0 Å². The molecule has 1 amide bonds. The molecule has 3 aromatic rings. The van der Waals surface area contributed by atoms with Crippen LogP contribution in [0.1, 0.15) is 50.3 Å². The van der Waals surface area contributed by atoms with Crippen molar-refractivity contribution in [1.29, 1.82) is 0 Å². The number of nitrogens with zero attached hydrogens (tertiary/aromatic N) is 2. The molecule has 1 fully saturated rings. The zero-order valence-electron chi connectivity index (χ0n) is 17.7. The highest BCUT2D eigenvalue weighted by atomic mass is 16.6. The van der Waals surface area contributed by atoms with Crippen LogP contribution in [0.2, 0.25) is 0 Å². The Kier molecular flexibility index (Phi) is 4.65. The van der Waals surface area contributed by atoms with Gasteiger partial charge in [0.1, 0.15) is 5.60 Å². The van der Waals surface area contributed by atoms with E-state index < -0.39 is 5.60 Å². The zero-order chi connectivity index (χ0) is 21.6. The van der Waals surface area contributed by atoms with Gasteiger partial charge in [-0.05, 0) is 56.4 Å². The van der Waals surface area contributed by atoms with Gasteiger partial charge in [0.15, 0.2) is 0 Å². The van der Waals surface area contributed by atoms with Gasteiger partial charge < -0.3 is 9.72 Å². The number of carbonyl (C=O) groups is 1. The number of benzene rings is 1. The maximum Gasteiger partial charge on any atom is 0.411 e. The Bertz CT molecular complexity index is 1230. The van der Waals surface area contributed by atoms with Crippen LogP contribution >= 0.6 is 0 Å². The largest absolute Gasteiger partial charge is 0.441 e. The molecule has 2 aromatic heterocycles. The van der Waals surface area contributed by atoms with Crippen molar-refractivity contribution >= 4 is 22.6 Å². The first-order chi connectivity index (χ1) is 14.9. The van der Waals surface area contributed by atoms with E-state index in [0.29, 0.717) is 12.0 Å². The average Bonchev–Trinajstić information content (AvgIpc) is 3.02. The van der Waals surface area contributed by atoms with Crippen LogP contribution in [0.4, 0.5) is 4.79 Å². The van der Waals surface area contributed by atoms with E-state index in [0.717, 1.165) is 34.9 Å². The average molecular weight is 415 g/mol. The predicted octanol–water partition coefficient (Wildman–Crippen LogP) is 4.83. The molecule has 0 radical (unpaired) electrons. The molecule has 158 valence electrons. The molecule has 6 nitrogen and oxygen atoms in total. The molecule has 0 saturated carbocycles. The van der Waals surface area contributed by atoms with Crippen LogP contribution in [0.15, 0.2) is 65.7 Å². The van der Waals surface area contributed by atoms with E-state index in [1.165, 1.54) is 0 Å². The number of hydrogen-bond acceptors (Lipinski definition) is 4. The number of allylic oxidation sites excluding steroid dienone is 1. The Labute approximate surface area is 180 Å². The quantitative estimate of drug-likeness (QED) is 0.665. The Morgan fingerprint density at radius 2 is 1.97 bits per heavy atom. The van der Waals surface area contributed by atoms with Gasteiger partial charge in [0.05, 0.1) is 17.8 Å². The number of fused-ring (bicyclic) bond motifs is 1. The normalized spacial score (nSPS) is 23.0. The summed E-state index contributed by atoms with van der Waals surface area (Å²) in [4.78, 5) is 34.4. The van der Waals surface area contributed by atoms with E-state index in [2.05, 4.69) is 28.2 Å². The van der Waals surface area contributed by atoms with Crippen LogP contribution in [-0.4, -0.2) is 32.6 Å². The van der Waals surface area contributed by atoms with Gasteiger partial charge in [-0.25, -0.2) is 4.79 Å². The summed E-state index contributed by atoms with van der Waals surface area (Å²) in [6.07, 6.45) is 7.43. The molecule has 1 aromatic carbocycles. The highest BCUT2D eigenvalue weighted by molar-refractivity contribution is 5.82. The van der Waals surface area contributed by atoms with Crippen LogP contribution in [-0.2, 0) is 4.74 Å². The van der Waals surface area contributed by atoms with Crippen molar-refractivity contribution in [1.82, 2.24) is 14.9 Å². The van der Waals surface area contributed by atoms with E-state index in [1.807, 2.05) is 49.1 Å². The Balaban J connectivity index is 1.45. The van der Waals surface area contributed by atoms with Gasteiger partial charge in [-0.3, -0.25) is 14.7 Å². The third kappa shape index (κ3) is 3.42. The first-order valence-corrected chi connectivity index (χ1v) is 10.7. The number of rotatable bonds is 3. The maximum absolute atomic E-state index is 12.8. The van der Waals surface area contributed by atoms with Crippen LogP contribution in [0.25, 0.3) is 16.5 Å². The second kappa shape index (κ2) is 7.38. The lowest BCUT2D eigenvalue weighted by molar-refractivity contribution is 0.0668. The third-order valence-corrected chi connectivity index (χ3v) is 6.38. The molecule has 0 bridgehead atoms.